The van der Waals surface area contributed by atoms with E-state index in [2.05, 4.69) is 15.2 Å². The topological polar surface area (TPSA) is 120 Å². The van der Waals surface area contributed by atoms with Gasteiger partial charge in [0.15, 0.2) is 27.8 Å². The quantitative estimate of drug-likeness (QED) is 0.360. The van der Waals surface area contributed by atoms with Crippen molar-refractivity contribution in [3.05, 3.63) is 66.0 Å². The zero-order chi connectivity index (χ0) is 24.3. The fourth-order valence-corrected chi connectivity index (χ4v) is 5.21. The van der Waals surface area contributed by atoms with E-state index >= 15 is 0 Å². The summed E-state index contributed by atoms with van der Waals surface area (Å²) >= 11 is 0. The van der Waals surface area contributed by atoms with Crippen LogP contribution in [0.1, 0.15) is 22.3 Å². The molecule has 176 valence electrons. The number of pyridine rings is 1. The number of benzene rings is 2. The standard InChI is InChI=1S/C24H23N3O6S/c1-31-20-10-11-21(32-2)23(22(20)33-3)34(29,30)18-7-4-15(5-8-18)6-9-19(28)16-12-17-14-26-27-24(17)25-13-16/h4-5,7-8,10-14H,6,9H2,1-3H3,(H,25,26,27). The Morgan fingerprint density at radius 3 is 2.32 bits per heavy atom. The maximum atomic E-state index is 13.4. The number of fused-ring (bicyclic) bond motifs is 1. The van der Waals surface area contributed by atoms with Crippen LogP contribution in [0.25, 0.3) is 11.0 Å². The van der Waals surface area contributed by atoms with Crippen LogP contribution in [0.2, 0.25) is 0 Å². The number of nitrogens with one attached hydrogen (secondary N) is 1. The third-order valence-electron chi connectivity index (χ3n) is 5.44. The normalized spacial score (nSPS) is 11.4. The van der Waals surface area contributed by atoms with E-state index in [0.29, 0.717) is 17.6 Å². The number of carbonyl (C=O) groups is 1. The van der Waals surface area contributed by atoms with Gasteiger partial charge in [-0.05, 0) is 42.3 Å². The highest BCUT2D eigenvalue weighted by molar-refractivity contribution is 7.91. The predicted octanol–water partition coefficient (Wildman–Crippen LogP) is 3.63. The van der Waals surface area contributed by atoms with Crippen molar-refractivity contribution in [1.29, 1.82) is 0 Å². The van der Waals surface area contributed by atoms with Crippen molar-refractivity contribution in [1.82, 2.24) is 15.2 Å². The minimum atomic E-state index is -3.98. The van der Waals surface area contributed by atoms with Crippen LogP contribution in [0.4, 0.5) is 0 Å². The lowest BCUT2D eigenvalue weighted by Crippen LogP contribution is -2.08. The molecule has 0 unspecified atom stereocenters. The molecule has 0 saturated heterocycles. The lowest BCUT2D eigenvalue weighted by atomic mass is 10.0. The summed E-state index contributed by atoms with van der Waals surface area (Å²) in [4.78, 5) is 16.7. The lowest BCUT2D eigenvalue weighted by molar-refractivity contribution is 0.0982. The number of methoxy groups -OCH3 is 3. The van der Waals surface area contributed by atoms with Crippen molar-refractivity contribution in [2.24, 2.45) is 0 Å². The number of H-pyrrole nitrogens is 1. The summed E-state index contributed by atoms with van der Waals surface area (Å²) in [5.74, 6) is 0.438. The van der Waals surface area contributed by atoms with Gasteiger partial charge in [-0.25, -0.2) is 13.4 Å². The predicted molar refractivity (Wildman–Crippen MR) is 125 cm³/mol. The van der Waals surface area contributed by atoms with Crippen LogP contribution in [0.5, 0.6) is 17.2 Å². The van der Waals surface area contributed by atoms with Gasteiger partial charge in [-0.3, -0.25) is 9.89 Å². The molecule has 0 bridgehead atoms. The fourth-order valence-electron chi connectivity index (χ4n) is 3.64. The summed E-state index contributed by atoms with van der Waals surface area (Å²) < 4.78 is 42.7. The van der Waals surface area contributed by atoms with Gasteiger partial charge in [-0.15, -0.1) is 0 Å². The van der Waals surface area contributed by atoms with Crippen molar-refractivity contribution in [2.75, 3.05) is 21.3 Å². The summed E-state index contributed by atoms with van der Waals surface area (Å²) in [6.07, 6.45) is 3.85. The maximum Gasteiger partial charge on any atom is 0.214 e. The summed E-state index contributed by atoms with van der Waals surface area (Å²) in [6, 6.07) is 11.2. The Balaban J connectivity index is 1.55. The van der Waals surface area contributed by atoms with Crippen molar-refractivity contribution in [3.63, 3.8) is 0 Å². The summed E-state index contributed by atoms with van der Waals surface area (Å²) in [5, 5.41) is 7.42. The minimum absolute atomic E-state index is 0.0573. The molecule has 2 aromatic carbocycles. The molecule has 10 heteroatoms. The number of aromatic nitrogens is 3. The van der Waals surface area contributed by atoms with Crippen LogP contribution in [0, 0.1) is 0 Å². The number of hydrogen-bond donors (Lipinski definition) is 1. The molecule has 4 rings (SSSR count). The highest BCUT2D eigenvalue weighted by Crippen LogP contribution is 2.43. The Morgan fingerprint density at radius 2 is 1.65 bits per heavy atom. The van der Waals surface area contributed by atoms with Gasteiger partial charge in [0.05, 0.1) is 32.4 Å². The Morgan fingerprint density at radius 1 is 0.941 bits per heavy atom. The smallest absolute Gasteiger partial charge is 0.214 e. The molecule has 0 atom stereocenters. The molecule has 0 aliphatic carbocycles. The number of carbonyl (C=O) groups excluding carboxylic acids is 1. The van der Waals surface area contributed by atoms with Crippen LogP contribution >= 0.6 is 0 Å². The molecule has 0 radical (unpaired) electrons. The summed E-state index contributed by atoms with van der Waals surface area (Å²) in [5.41, 5.74) is 1.96. The molecule has 0 fully saturated rings. The first-order valence-electron chi connectivity index (χ1n) is 10.3. The minimum Gasteiger partial charge on any atom is -0.495 e. The zero-order valence-electron chi connectivity index (χ0n) is 18.9. The number of ketones is 1. The third-order valence-corrected chi connectivity index (χ3v) is 7.26. The Bertz CT molecular complexity index is 1450. The van der Waals surface area contributed by atoms with E-state index < -0.39 is 9.84 Å². The van der Waals surface area contributed by atoms with E-state index in [1.165, 1.54) is 45.7 Å². The zero-order valence-corrected chi connectivity index (χ0v) is 19.7. The molecule has 0 saturated carbocycles. The number of aromatic amines is 1. The maximum absolute atomic E-state index is 13.4. The van der Waals surface area contributed by atoms with E-state index in [0.717, 1.165) is 10.9 Å². The van der Waals surface area contributed by atoms with Crippen LogP contribution < -0.4 is 14.2 Å². The number of aryl methyl sites for hydroxylation is 1. The second-order valence-corrected chi connectivity index (χ2v) is 9.32. The van der Waals surface area contributed by atoms with Crippen molar-refractivity contribution < 1.29 is 27.4 Å². The molecule has 9 nitrogen and oxygen atoms in total. The van der Waals surface area contributed by atoms with Crippen LogP contribution in [-0.2, 0) is 16.3 Å². The molecule has 2 heterocycles. The fraction of sp³-hybridized carbons (Fsp3) is 0.208. The van der Waals surface area contributed by atoms with Gasteiger partial charge >= 0.3 is 0 Å². The van der Waals surface area contributed by atoms with Gasteiger partial charge in [0, 0.05) is 23.6 Å². The second-order valence-electron chi connectivity index (χ2n) is 7.43. The van der Waals surface area contributed by atoms with Gasteiger partial charge in [0.1, 0.15) is 5.75 Å². The first kappa shape index (κ1) is 23.2. The average Bonchev–Trinajstić information content (AvgIpc) is 3.34. The van der Waals surface area contributed by atoms with E-state index in [4.69, 9.17) is 14.2 Å². The van der Waals surface area contributed by atoms with E-state index in [1.54, 1.807) is 30.5 Å². The molecule has 1 N–H and O–H groups in total. The van der Waals surface area contributed by atoms with Crippen LogP contribution in [0.3, 0.4) is 0 Å². The van der Waals surface area contributed by atoms with E-state index in [1.807, 2.05) is 0 Å². The Hall–Kier alpha value is -3.92. The largest absolute Gasteiger partial charge is 0.495 e. The van der Waals surface area contributed by atoms with Gasteiger partial charge in [0.2, 0.25) is 9.84 Å². The molecule has 34 heavy (non-hydrogen) atoms. The lowest BCUT2D eigenvalue weighted by Gasteiger charge is -2.16. The Kier molecular flexibility index (Phi) is 6.51. The molecular weight excluding hydrogens is 458 g/mol. The van der Waals surface area contributed by atoms with Gasteiger partial charge in [-0.2, -0.15) is 5.10 Å². The summed E-state index contributed by atoms with van der Waals surface area (Å²) in [7, 11) is 0.214. The van der Waals surface area contributed by atoms with Crippen molar-refractivity contribution in [3.8, 4) is 17.2 Å². The number of sulfone groups is 1. The first-order chi connectivity index (χ1) is 16.4. The third kappa shape index (κ3) is 4.32. The number of rotatable bonds is 9. The molecule has 0 aliphatic heterocycles. The molecular formula is C24H23N3O6S. The van der Waals surface area contributed by atoms with Gasteiger partial charge in [-0.1, -0.05) is 12.1 Å². The Labute approximate surface area is 196 Å². The molecule has 0 amide bonds. The van der Waals surface area contributed by atoms with Crippen molar-refractivity contribution >= 4 is 26.7 Å². The van der Waals surface area contributed by atoms with Crippen molar-refractivity contribution in [2.45, 2.75) is 22.6 Å². The molecule has 2 aromatic heterocycles. The van der Waals surface area contributed by atoms with E-state index in [9.17, 15) is 13.2 Å². The average molecular weight is 482 g/mol. The highest BCUT2D eigenvalue weighted by Gasteiger charge is 2.29. The SMILES string of the molecule is COc1ccc(OC)c(S(=O)(=O)c2ccc(CCC(=O)c3cnc4[nH]ncc4c3)cc2)c1OC. The number of hydrogen-bond acceptors (Lipinski definition) is 8. The van der Waals surface area contributed by atoms with Crippen LogP contribution in [-0.4, -0.2) is 50.7 Å². The number of nitrogens with zero attached hydrogens (tertiary/aromatic N) is 2. The molecule has 0 aliphatic rings. The second kappa shape index (κ2) is 9.52. The molecule has 4 aromatic rings. The first-order valence-corrected chi connectivity index (χ1v) is 11.8. The highest BCUT2D eigenvalue weighted by atomic mass is 32.2. The number of Topliss-reactive ketones (excluding diaryl/α,β-unsaturated/α-hetero) is 1. The number of ether oxygens (including phenoxy) is 3. The van der Waals surface area contributed by atoms with Gasteiger partial charge in [0.25, 0.3) is 0 Å². The monoisotopic (exact) mass is 481 g/mol. The molecule has 0 spiro atoms. The van der Waals surface area contributed by atoms with Crippen LogP contribution in [0.15, 0.2) is 64.6 Å². The van der Waals surface area contributed by atoms with E-state index in [-0.39, 0.29) is 39.2 Å². The van der Waals surface area contributed by atoms with Gasteiger partial charge < -0.3 is 14.2 Å². The summed E-state index contributed by atoms with van der Waals surface area (Å²) in [6.45, 7) is 0.